The lowest BCUT2D eigenvalue weighted by Gasteiger charge is -2.28. The van der Waals surface area contributed by atoms with Gasteiger partial charge in [0.05, 0.1) is 5.69 Å². The Morgan fingerprint density at radius 3 is 2.84 bits per heavy atom. The standard InChI is InChI=1S/C14H26N4O/c1-2-12-4-6-13(7-5-12)15-10-14-11-18(17-16-14)8-3-9-19/h11-13,15,19H,2-10H2,1H3. The minimum Gasteiger partial charge on any atom is -0.396 e. The molecule has 0 aliphatic heterocycles. The lowest BCUT2D eigenvalue weighted by atomic mass is 9.84. The van der Waals surface area contributed by atoms with Gasteiger partial charge in [-0.25, -0.2) is 0 Å². The third-order valence-electron chi connectivity index (χ3n) is 4.13. The van der Waals surface area contributed by atoms with Gasteiger partial charge in [0.25, 0.3) is 0 Å². The van der Waals surface area contributed by atoms with Gasteiger partial charge in [-0.3, -0.25) is 4.68 Å². The van der Waals surface area contributed by atoms with E-state index in [1.165, 1.54) is 32.1 Å². The van der Waals surface area contributed by atoms with Crippen LogP contribution in [0.1, 0.15) is 51.1 Å². The minimum atomic E-state index is 0.202. The monoisotopic (exact) mass is 266 g/mol. The zero-order valence-electron chi connectivity index (χ0n) is 11.9. The third-order valence-corrected chi connectivity index (χ3v) is 4.13. The summed E-state index contributed by atoms with van der Waals surface area (Å²) in [4.78, 5) is 0. The number of aliphatic hydroxyl groups excluding tert-OH is 1. The van der Waals surface area contributed by atoms with E-state index >= 15 is 0 Å². The molecule has 5 heteroatoms. The predicted molar refractivity (Wildman–Crippen MR) is 74.6 cm³/mol. The maximum atomic E-state index is 8.78. The van der Waals surface area contributed by atoms with E-state index < -0.39 is 0 Å². The van der Waals surface area contributed by atoms with Gasteiger partial charge in [0, 0.05) is 31.9 Å². The quantitative estimate of drug-likeness (QED) is 0.789. The summed E-state index contributed by atoms with van der Waals surface area (Å²) in [7, 11) is 0. The Kier molecular flexibility index (Phi) is 5.79. The van der Waals surface area contributed by atoms with E-state index in [4.69, 9.17) is 5.11 Å². The molecule has 0 bridgehead atoms. The first-order valence-corrected chi connectivity index (χ1v) is 7.55. The third kappa shape index (κ3) is 4.58. The van der Waals surface area contributed by atoms with Crippen LogP contribution >= 0.6 is 0 Å². The lowest BCUT2D eigenvalue weighted by molar-refractivity contribution is 0.276. The molecule has 1 aromatic heterocycles. The lowest BCUT2D eigenvalue weighted by Crippen LogP contribution is -2.32. The first-order chi connectivity index (χ1) is 9.31. The number of nitrogens with one attached hydrogen (secondary N) is 1. The van der Waals surface area contributed by atoms with Crippen molar-refractivity contribution in [2.75, 3.05) is 6.61 Å². The van der Waals surface area contributed by atoms with Gasteiger partial charge in [-0.1, -0.05) is 18.6 Å². The molecule has 2 N–H and O–H groups in total. The molecular formula is C14H26N4O. The largest absolute Gasteiger partial charge is 0.396 e. The van der Waals surface area contributed by atoms with E-state index in [-0.39, 0.29) is 6.61 Å². The first kappa shape index (κ1) is 14.5. The summed E-state index contributed by atoms with van der Waals surface area (Å²) in [5.74, 6) is 0.942. The van der Waals surface area contributed by atoms with E-state index in [1.54, 1.807) is 4.68 Å². The van der Waals surface area contributed by atoms with Gasteiger partial charge < -0.3 is 10.4 Å². The molecule has 1 saturated carbocycles. The Balaban J connectivity index is 1.69. The Morgan fingerprint density at radius 2 is 2.16 bits per heavy atom. The highest BCUT2D eigenvalue weighted by Crippen LogP contribution is 2.26. The molecule has 0 saturated heterocycles. The maximum Gasteiger partial charge on any atom is 0.0964 e. The minimum absolute atomic E-state index is 0.202. The van der Waals surface area contributed by atoms with E-state index in [2.05, 4.69) is 22.6 Å². The van der Waals surface area contributed by atoms with Crippen molar-refractivity contribution in [1.82, 2.24) is 20.3 Å². The smallest absolute Gasteiger partial charge is 0.0964 e. The fraction of sp³-hybridized carbons (Fsp3) is 0.857. The molecule has 2 rings (SSSR count). The summed E-state index contributed by atoms with van der Waals surface area (Å²) in [6.07, 6.45) is 9.33. The van der Waals surface area contributed by atoms with Crippen LogP contribution < -0.4 is 5.32 Å². The summed E-state index contributed by atoms with van der Waals surface area (Å²) in [5.41, 5.74) is 0.996. The van der Waals surface area contributed by atoms with Crippen LogP contribution in [0.2, 0.25) is 0 Å². The van der Waals surface area contributed by atoms with Crippen molar-refractivity contribution in [2.24, 2.45) is 5.92 Å². The van der Waals surface area contributed by atoms with Crippen molar-refractivity contribution in [3.8, 4) is 0 Å². The molecule has 1 aromatic rings. The maximum absolute atomic E-state index is 8.78. The SMILES string of the molecule is CCC1CCC(NCc2cn(CCCO)nn2)CC1. The number of aryl methyl sites for hydroxylation is 1. The number of aromatic nitrogens is 3. The zero-order valence-corrected chi connectivity index (χ0v) is 11.9. The molecule has 0 aromatic carbocycles. The molecule has 0 atom stereocenters. The van der Waals surface area contributed by atoms with Crippen LogP contribution in [-0.2, 0) is 13.1 Å². The van der Waals surface area contributed by atoms with E-state index in [0.717, 1.165) is 31.1 Å². The van der Waals surface area contributed by atoms with Crippen LogP contribution in [-0.4, -0.2) is 32.7 Å². The van der Waals surface area contributed by atoms with E-state index in [0.29, 0.717) is 6.04 Å². The molecule has 19 heavy (non-hydrogen) atoms. The number of nitrogens with zero attached hydrogens (tertiary/aromatic N) is 3. The van der Waals surface area contributed by atoms with Crippen molar-refractivity contribution < 1.29 is 5.11 Å². The van der Waals surface area contributed by atoms with Gasteiger partial charge in [0.15, 0.2) is 0 Å². The molecule has 1 fully saturated rings. The molecule has 1 aliphatic rings. The van der Waals surface area contributed by atoms with Gasteiger partial charge in [-0.2, -0.15) is 0 Å². The number of hydrogen-bond donors (Lipinski definition) is 2. The summed E-state index contributed by atoms with van der Waals surface area (Å²) < 4.78 is 1.81. The fourth-order valence-corrected chi connectivity index (χ4v) is 2.79. The topological polar surface area (TPSA) is 63.0 Å². The Labute approximate surface area is 115 Å². The van der Waals surface area contributed by atoms with Crippen LogP contribution in [0.15, 0.2) is 6.20 Å². The Hall–Kier alpha value is -0.940. The second kappa shape index (κ2) is 7.60. The van der Waals surface area contributed by atoms with Crippen molar-refractivity contribution in [2.45, 2.75) is 64.6 Å². The van der Waals surface area contributed by atoms with Crippen molar-refractivity contribution in [3.05, 3.63) is 11.9 Å². The molecule has 5 nitrogen and oxygen atoms in total. The summed E-state index contributed by atoms with van der Waals surface area (Å²) in [6.45, 7) is 4.04. The van der Waals surface area contributed by atoms with Crippen LogP contribution in [0.4, 0.5) is 0 Å². The summed E-state index contributed by atoms with van der Waals surface area (Å²) >= 11 is 0. The highest BCUT2D eigenvalue weighted by Gasteiger charge is 2.19. The zero-order chi connectivity index (χ0) is 13.5. The van der Waals surface area contributed by atoms with Gasteiger partial charge in [-0.15, -0.1) is 5.10 Å². The summed E-state index contributed by atoms with van der Waals surface area (Å²) in [6, 6.07) is 0.644. The average Bonchev–Trinajstić information content (AvgIpc) is 2.91. The second-order valence-electron chi connectivity index (χ2n) is 5.56. The highest BCUT2D eigenvalue weighted by molar-refractivity contribution is 4.92. The Bertz CT molecular complexity index is 358. The molecule has 108 valence electrons. The highest BCUT2D eigenvalue weighted by atomic mass is 16.3. The average molecular weight is 266 g/mol. The number of rotatable bonds is 7. The van der Waals surface area contributed by atoms with Crippen LogP contribution in [0.5, 0.6) is 0 Å². The van der Waals surface area contributed by atoms with Crippen molar-refractivity contribution >= 4 is 0 Å². The van der Waals surface area contributed by atoms with Crippen molar-refractivity contribution in [3.63, 3.8) is 0 Å². The summed E-state index contributed by atoms with van der Waals surface area (Å²) in [5, 5.41) is 20.6. The molecule has 0 radical (unpaired) electrons. The predicted octanol–water partition coefficient (Wildman–Crippen LogP) is 1.72. The molecule has 0 unspecified atom stereocenters. The van der Waals surface area contributed by atoms with Crippen LogP contribution in [0.3, 0.4) is 0 Å². The van der Waals surface area contributed by atoms with E-state index in [9.17, 15) is 0 Å². The molecule has 1 heterocycles. The van der Waals surface area contributed by atoms with Crippen molar-refractivity contribution in [1.29, 1.82) is 0 Å². The first-order valence-electron chi connectivity index (χ1n) is 7.55. The van der Waals surface area contributed by atoms with Crippen LogP contribution in [0.25, 0.3) is 0 Å². The molecular weight excluding hydrogens is 240 g/mol. The number of aliphatic hydroxyl groups is 1. The molecule has 1 aliphatic carbocycles. The fourth-order valence-electron chi connectivity index (χ4n) is 2.79. The van der Waals surface area contributed by atoms with E-state index in [1.807, 2.05) is 6.20 Å². The second-order valence-corrected chi connectivity index (χ2v) is 5.56. The molecule has 0 amide bonds. The van der Waals surface area contributed by atoms with Gasteiger partial charge >= 0.3 is 0 Å². The van der Waals surface area contributed by atoms with Crippen LogP contribution in [0, 0.1) is 5.92 Å². The van der Waals surface area contributed by atoms with Gasteiger partial charge in [0.1, 0.15) is 0 Å². The van der Waals surface area contributed by atoms with Gasteiger partial charge in [0.2, 0.25) is 0 Å². The van der Waals surface area contributed by atoms with Gasteiger partial charge in [-0.05, 0) is 38.0 Å². The Morgan fingerprint density at radius 1 is 1.37 bits per heavy atom. The number of hydrogen-bond acceptors (Lipinski definition) is 4. The molecule has 0 spiro atoms. The normalized spacial score (nSPS) is 23.7.